The fourth-order valence-electron chi connectivity index (χ4n) is 1.77. The van der Waals surface area contributed by atoms with Crippen molar-refractivity contribution in [2.45, 2.75) is 0 Å². The molecule has 2 aromatic rings. The van der Waals surface area contributed by atoms with E-state index in [1.165, 1.54) is 18.2 Å². The standard InChI is InChI=1S/C14H12F2N2O2/c1-18(2)13-9(14(19)20)4-6-12(17-13)8-3-5-10(15)11(16)7-8/h3-7H,1-2H3,(H,19,20). The largest absolute Gasteiger partial charge is 0.478 e. The van der Waals surface area contributed by atoms with E-state index in [0.29, 0.717) is 11.3 Å². The zero-order valence-electron chi connectivity index (χ0n) is 10.9. The summed E-state index contributed by atoms with van der Waals surface area (Å²) in [6.45, 7) is 0. The molecule has 0 aliphatic carbocycles. The number of carbonyl (C=O) groups is 1. The number of hydrogen-bond donors (Lipinski definition) is 1. The van der Waals surface area contributed by atoms with Gasteiger partial charge in [0, 0.05) is 19.7 Å². The Balaban J connectivity index is 2.55. The lowest BCUT2D eigenvalue weighted by Gasteiger charge is -2.15. The number of hydrogen-bond acceptors (Lipinski definition) is 3. The Morgan fingerprint density at radius 1 is 1.15 bits per heavy atom. The first-order valence-electron chi connectivity index (χ1n) is 5.77. The molecule has 1 N–H and O–H groups in total. The second kappa shape index (κ2) is 5.24. The van der Waals surface area contributed by atoms with Crippen LogP contribution < -0.4 is 4.90 Å². The normalized spacial score (nSPS) is 10.4. The van der Waals surface area contributed by atoms with E-state index < -0.39 is 17.6 Å². The van der Waals surface area contributed by atoms with Gasteiger partial charge in [-0.15, -0.1) is 0 Å². The molecule has 20 heavy (non-hydrogen) atoms. The quantitative estimate of drug-likeness (QED) is 0.938. The van der Waals surface area contributed by atoms with Gasteiger partial charge in [-0.2, -0.15) is 0 Å². The molecule has 0 unspecified atom stereocenters. The lowest BCUT2D eigenvalue weighted by Crippen LogP contribution is -2.16. The molecule has 1 heterocycles. The maximum atomic E-state index is 13.2. The smallest absolute Gasteiger partial charge is 0.339 e. The summed E-state index contributed by atoms with van der Waals surface area (Å²) in [6, 6.07) is 6.27. The molecule has 0 aliphatic heterocycles. The number of aromatic carboxylic acids is 1. The van der Waals surface area contributed by atoms with Gasteiger partial charge in [-0.3, -0.25) is 0 Å². The topological polar surface area (TPSA) is 53.4 Å². The highest BCUT2D eigenvalue weighted by Crippen LogP contribution is 2.24. The molecule has 0 aliphatic rings. The molecule has 6 heteroatoms. The Bertz CT molecular complexity index is 672. The third-order valence-corrected chi connectivity index (χ3v) is 2.74. The Labute approximate surface area is 114 Å². The summed E-state index contributed by atoms with van der Waals surface area (Å²) >= 11 is 0. The minimum Gasteiger partial charge on any atom is -0.478 e. The molecule has 0 amide bonds. The lowest BCUT2D eigenvalue weighted by atomic mass is 10.1. The molecular formula is C14H12F2N2O2. The molecule has 0 bridgehead atoms. The number of carboxylic acids is 1. The van der Waals surface area contributed by atoms with Crippen molar-refractivity contribution in [2.24, 2.45) is 0 Å². The van der Waals surface area contributed by atoms with Crippen molar-refractivity contribution in [3.05, 3.63) is 47.5 Å². The number of aromatic nitrogens is 1. The number of nitrogens with zero attached hydrogens (tertiary/aromatic N) is 2. The molecule has 0 fully saturated rings. The van der Waals surface area contributed by atoms with E-state index in [1.807, 2.05) is 0 Å². The van der Waals surface area contributed by atoms with Crippen molar-refractivity contribution in [3.63, 3.8) is 0 Å². The van der Waals surface area contributed by atoms with Gasteiger partial charge in [-0.05, 0) is 30.3 Å². The highest BCUT2D eigenvalue weighted by atomic mass is 19.2. The first-order valence-corrected chi connectivity index (χ1v) is 5.77. The van der Waals surface area contributed by atoms with Gasteiger partial charge in [-0.25, -0.2) is 18.6 Å². The van der Waals surface area contributed by atoms with Gasteiger partial charge in [0.25, 0.3) is 0 Å². The molecule has 0 spiro atoms. The Hall–Kier alpha value is -2.50. The Morgan fingerprint density at radius 3 is 2.40 bits per heavy atom. The van der Waals surface area contributed by atoms with Crippen LogP contribution in [0.4, 0.5) is 14.6 Å². The predicted octanol–water partition coefficient (Wildman–Crippen LogP) is 2.79. The average Bonchev–Trinajstić information content (AvgIpc) is 2.41. The molecule has 2 rings (SSSR count). The number of benzene rings is 1. The van der Waals surface area contributed by atoms with Gasteiger partial charge >= 0.3 is 5.97 Å². The molecular weight excluding hydrogens is 266 g/mol. The Kier molecular flexibility index (Phi) is 3.65. The van der Waals surface area contributed by atoms with Crippen molar-refractivity contribution in [2.75, 3.05) is 19.0 Å². The van der Waals surface area contributed by atoms with Crippen LogP contribution in [-0.4, -0.2) is 30.2 Å². The number of halogens is 2. The van der Waals surface area contributed by atoms with Crippen molar-refractivity contribution < 1.29 is 18.7 Å². The number of carboxylic acid groups (broad SMARTS) is 1. The van der Waals surface area contributed by atoms with Gasteiger partial charge in [0.15, 0.2) is 11.6 Å². The molecule has 4 nitrogen and oxygen atoms in total. The van der Waals surface area contributed by atoms with Gasteiger partial charge < -0.3 is 10.0 Å². The zero-order chi connectivity index (χ0) is 14.9. The molecule has 0 radical (unpaired) electrons. The molecule has 104 valence electrons. The summed E-state index contributed by atoms with van der Waals surface area (Å²) in [5, 5.41) is 9.08. The fourth-order valence-corrected chi connectivity index (χ4v) is 1.77. The molecule has 0 saturated carbocycles. The van der Waals surface area contributed by atoms with E-state index in [9.17, 15) is 13.6 Å². The maximum absolute atomic E-state index is 13.2. The minimum absolute atomic E-state index is 0.0429. The lowest BCUT2D eigenvalue weighted by molar-refractivity contribution is 0.0697. The molecule has 1 aromatic heterocycles. The van der Waals surface area contributed by atoms with Crippen LogP contribution in [0, 0.1) is 11.6 Å². The summed E-state index contributed by atoms with van der Waals surface area (Å²) < 4.78 is 26.1. The zero-order valence-corrected chi connectivity index (χ0v) is 10.9. The van der Waals surface area contributed by atoms with Gasteiger partial charge in [0.2, 0.25) is 0 Å². The van der Waals surface area contributed by atoms with Crippen LogP contribution in [0.5, 0.6) is 0 Å². The third-order valence-electron chi connectivity index (χ3n) is 2.74. The fraction of sp³-hybridized carbons (Fsp3) is 0.143. The van der Waals surface area contributed by atoms with E-state index in [4.69, 9.17) is 5.11 Å². The third kappa shape index (κ3) is 2.59. The molecule has 0 atom stereocenters. The minimum atomic E-state index is -1.10. The van der Waals surface area contributed by atoms with Crippen LogP contribution in [0.1, 0.15) is 10.4 Å². The monoisotopic (exact) mass is 278 g/mol. The van der Waals surface area contributed by atoms with Crippen LogP contribution in [0.25, 0.3) is 11.3 Å². The Morgan fingerprint density at radius 2 is 1.85 bits per heavy atom. The van der Waals surface area contributed by atoms with Crippen LogP contribution in [0.3, 0.4) is 0 Å². The van der Waals surface area contributed by atoms with Gasteiger partial charge in [0.1, 0.15) is 11.4 Å². The summed E-state index contributed by atoms with van der Waals surface area (Å²) in [6.07, 6.45) is 0. The number of pyridine rings is 1. The van der Waals surface area contributed by atoms with E-state index in [1.54, 1.807) is 19.0 Å². The summed E-state index contributed by atoms with van der Waals surface area (Å²) in [7, 11) is 3.31. The maximum Gasteiger partial charge on any atom is 0.339 e. The number of rotatable bonds is 3. The van der Waals surface area contributed by atoms with Crippen molar-refractivity contribution in [1.82, 2.24) is 4.98 Å². The van der Waals surface area contributed by atoms with Crippen LogP contribution >= 0.6 is 0 Å². The summed E-state index contributed by atoms with van der Waals surface area (Å²) in [5.41, 5.74) is 0.794. The van der Waals surface area contributed by atoms with E-state index >= 15 is 0 Å². The SMILES string of the molecule is CN(C)c1nc(-c2ccc(F)c(F)c2)ccc1C(=O)O. The second-order valence-corrected chi connectivity index (χ2v) is 4.40. The first-order chi connectivity index (χ1) is 9.40. The van der Waals surface area contributed by atoms with Gasteiger partial charge in [0.05, 0.1) is 5.69 Å². The van der Waals surface area contributed by atoms with Crippen molar-refractivity contribution in [3.8, 4) is 11.3 Å². The highest BCUT2D eigenvalue weighted by Gasteiger charge is 2.15. The van der Waals surface area contributed by atoms with Crippen molar-refractivity contribution >= 4 is 11.8 Å². The van der Waals surface area contributed by atoms with Crippen LogP contribution in [0.15, 0.2) is 30.3 Å². The van der Waals surface area contributed by atoms with Crippen LogP contribution in [0.2, 0.25) is 0 Å². The van der Waals surface area contributed by atoms with E-state index in [0.717, 1.165) is 12.1 Å². The summed E-state index contributed by atoms with van der Waals surface area (Å²) in [4.78, 5) is 16.8. The molecule has 1 aromatic carbocycles. The first kappa shape index (κ1) is 13.9. The van der Waals surface area contributed by atoms with E-state index in [-0.39, 0.29) is 11.4 Å². The molecule has 0 saturated heterocycles. The summed E-state index contributed by atoms with van der Waals surface area (Å²) in [5.74, 6) is -2.76. The number of anilines is 1. The average molecular weight is 278 g/mol. The predicted molar refractivity (Wildman–Crippen MR) is 70.9 cm³/mol. The van der Waals surface area contributed by atoms with Crippen LogP contribution in [-0.2, 0) is 0 Å². The second-order valence-electron chi connectivity index (χ2n) is 4.40. The van der Waals surface area contributed by atoms with Crippen molar-refractivity contribution in [1.29, 1.82) is 0 Å². The van der Waals surface area contributed by atoms with E-state index in [2.05, 4.69) is 4.98 Å². The van der Waals surface area contributed by atoms with Gasteiger partial charge in [-0.1, -0.05) is 0 Å². The highest BCUT2D eigenvalue weighted by molar-refractivity contribution is 5.93.